The first-order valence-electron chi connectivity index (χ1n) is 16.1. The molecule has 5 heterocycles. The molecular weight excluding hydrogens is 701 g/mol. The molecule has 0 radical (unpaired) electrons. The van der Waals surface area contributed by atoms with Crippen LogP contribution in [0.4, 0.5) is 33.6 Å². The van der Waals surface area contributed by atoms with E-state index in [0.29, 0.717) is 38.5 Å². The summed E-state index contributed by atoms with van der Waals surface area (Å²) in [5, 5.41) is 3.87. The Hall–Kier alpha value is -4.42. The Balaban J connectivity index is 1.40. The summed E-state index contributed by atoms with van der Waals surface area (Å²) in [6, 6.07) is 11.3. The molecule has 3 aromatic heterocycles. The molecule has 2 aliphatic heterocycles. The number of nitrogens with one attached hydrogen (secondary N) is 1. The molecule has 1 fully saturated rings. The zero-order chi connectivity index (χ0) is 36.4. The van der Waals surface area contributed by atoms with Crippen LogP contribution in [-0.2, 0) is 25.4 Å². The van der Waals surface area contributed by atoms with Gasteiger partial charge in [-0.3, -0.25) is 4.72 Å². The molecule has 2 aliphatic rings. The van der Waals surface area contributed by atoms with Crippen LogP contribution < -0.4 is 14.4 Å². The number of rotatable bonds is 6. The first-order chi connectivity index (χ1) is 24.1. The van der Waals surface area contributed by atoms with E-state index in [1.807, 2.05) is 4.90 Å². The molecule has 0 amide bonds. The number of nitrogens with zero attached hydrogens (tertiary/aromatic N) is 6. The van der Waals surface area contributed by atoms with Gasteiger partial charge in [-0.1, -0.05) is 30.3 Å². The molecule has 0 saturated carbocycles. The molecular formula is C33H36F5N7O5S. The number of sulfonamides is 1. The van der Waals surface area contributed by atoms with Crippen molar-refractivity contribution in [3.05, 3.63) is 66.5 Å². The van der Waals surface area contributed by atoms with Gasteiger partial charge >= 0.3 is 6.18 Å². The summed E-state index contributed by atoms with van der Waals surface area (Å²) in [5.41, 5.74) is -2.98. The van der Waals surface area contributed by atoms with Crippen molar-refractivity contribution in [2.24, 2.45) is 11.3 Å². The summed E-state index contributed by atoms with van der Waals surface area (Å²) in [5.74, 6) is -3.60. The third-order valence-corrected chi connectivity index (χ3v) is 9.76. The number of ether oxygens (including phenoxy) is 3. The summed E-state index contributed by atoms with van der Waals surface area (Å²) in [7, 11) is -4.37. The fourth-order valence-corrected chi connectivity index (χ4v) is 6.47. The number of hydrogen-bond donors (Lipinski definition) is 1. The van der Waals surface area contributed by atoms with Crippen molar-refractivity contribution in [3.63, 3.8) is 0 Å². The van der Waals surface area contributed by atoms with Crippen LogP contribution in [0, 0.1) is 11.3 Å². The highest BCUT2D eigenvalue weighted by atomic mass is 32.2. The lowest BCUT2D eigenvalue weighted by Crippen LogP contribution is -2.37. The summed E-state index contributed by atoms with van der Waals surface area (Å²) in [6.45, 7) is 2.27. The lowest BCUT2D eigenvalue weighted by molar-refractivity contribution is -0.219. The number of halogens is 5. The normalized spacial score (nSPS) is 19.5. The topological polar surface area (TPSA) is 134 Å². The van der Waals surface area contributed by atoms with Crippen molar-refractivity contribution in [2.75, 3.05) is 55.7 Å². The quantitative estimate of drug-likeness (QED) is 0.241. The van der Waals surface area contributed by atoms with E-state index < -0.39 is 46.3 Å². The highest BCUT2D eigenvalue weighted by Crippen LogP contribution is 2.39. The van der Waals surface area contributed by atoms with Gasteiger partial charge in [-0.05, 0) is 38.8 Å². The second-order valence-corrected chi connectivity index (χ2v) is 14.6. The van der Waals surface area contributed by atoms with E-state index in [2.05, 4.69) is 24.8 Å². The first kappa shape index (κ1) is 36.4. The lowest BCUT2D eigenvalue weighted by atomic mass is 9.94. The SMILES string of the molecule is CC(C)(COc1ccn(-c2ncc3nc2-c2ccccc2C(F)(F)COCCCN(CC2CCOC2)c2cccc(n2)S(=O)(=O)N3)n1)C(F)(F)F. The third kappa shape index (κ3) is 8.23. The molecule has 4 aromatic rings. The molecule has 0 aliphatic carbocycles. The lowest BCUT2D eigenvalue weighted by Gasteiger charge is -2.27. The van der Waals surface area contributed by atoms with Crippen molar-refractivity contribution >= 4 is 21.7 Å². The van der Waals surface area contributed by atoms with Crippen LogP contribution in [0.2, 0.25) is 0 Å². The maximum Gasteiger partial charge on any atom is 0.397 e. The maximum atomic E-state index is 16.0. The molecule has 1 atom stereocenters. The van der Waals surface area contributed by atoms with E-state index in [1.165, 1.54) is 42.6 Å². The van der Waals surface area contributed by atoms with Crippen molar-refractivity contribution in [2.45, 2.75) is 43.8 Å². The molecule has 1 aromatic carbocycles. The zero-order valence-corrected chi connectivity index (χ0v) is 28.6. The maximum absolute atomic E-state index is 16.0. The zero-order valence-electron chi connectivity index (χ0n) is 27.7. The number of anilines is 2. The first-order valence-corrected chi connectivity index (χ1v) is 17.6. The molecule has 0 spiro atoms. The fraction of sp³-hybridized carbons (Fsp3) is 0.455. The van der Waals surface area contributed by atoms with Crippen LogP contribution in [0.15, 0.2) is 66.0 Å². The molecule has 18 heteroatoms. The van der Waals surface area contributed by atoms with Gasteiger partial charge in [0.25, 0.3) is 15.9 Å². The van der Waals surface area contributed by atoms with Crippen molar-refractivity contribution in [1.82, 2.24) is 24.7 Å². The smallest absolute Gasteiger partial charge is 0.397 e. The monoisotopic (exact) mass is 737 g/mol. The molecule has 1 unspecified atom stereocenters. The van der Waals surface area contributed by atoms with Gasteiger partial charge < -0.3 is 19.1 Å². The minimum Gasteiger partial charge on any atom is -0.476 e. The van der Waals surface area contributed by atoms with Gasteiger partial charge in [0.15, 0.2) is 16.7 Å². The van der Waals surface area contributed by atoms with E-state index in [9.17, 15) is 21.6 Å². The van der Waals surface area contributed by atoms with Gasteiger partial charge in [0, 0.05) is 55.6 Å². The van der Waals surface area contributed by atoms with Gasteiger partial charge in [-0.15, -0.1) is 5.10 Å². The van der Waals surface area contributed by atoms with E-state index in [1.54, 1.807) is 12.1 Å². The average molecular weight is 738 g/mol. The molecule has 51 heavy (non-hydrogen) atoms. The number of fused-ring (bicyclic) bond motifs is 6. The molecule has 1 N–H and O–H groups in total. The molecule has 1 saturated heterocycles. The Kier molecular flexibility index (Phi) is 10.2. The van der Waals surface area contributed by atoms with E-state index in [0.717, 1.165) is 31.1 Å². The van der Waals surface area contributed by atoms with Gasteiger partial charge in [0.05, 0.1) is 18.2 Å². The number of benzene rings is 1. The second kappa shape index (κ2) is 14.3. The summed E-state index contributed by atoms with van der Waals surface area (Å²) >= 11 is 0. The largest absolute Gasteiger partial charge is 0.476 e. The average Bonchev–Trinajstić information content (AvgIpc) is 3.78. The van der Waals surface area contributed by atoms with Crippen LogP contribution in [0.5, 0.6) is 5.88 Å². The molecule has 274 valence electrons. The van der Waals surface area contributed by atoms with E-state index >= 15 is 8.78 Å². The Morgan fingerprint density at radius 1 is 1.04 bits per heavy atom. The molecule has 4 bridgehead atoms. The van der Waals surface area contributed by atoms with Crippen molar-refractivity contribution in [3.8, 4) is 23.0 Å². The molecule has 12 nitrogen and oxygen atoms in total. The van der Waals surface area contributed by atoms with Crippen molar-refractivity contribution in [1.29, 1.82) is 0 Å². The Bertz CT molecular complexity index is 1950. The third-order valence-electron chi connectivity index (χ3n) is 8.51. The number of alkyl halides is 5. The number of hydrogen-bond acceptors (Lipinski definition) is 10. The van der Waals surface area contributed by atoms with Gasteiger partial charge in [0.1, 0.15) is 24.7 Å². The highest BCUT2D eigenvalue weighted by molar-refractivity contribution is 7.92. The summed E-state index contributed by atoms with van der Waals surface area (Å²) in [4.78, 5) is 15.1. The van der Waals surface area contributed by atoms with Crippen molar-refractivity contribution < 1.29 is 44.6 Å². The summed E-state index contributed by atoms with van der Waals surface area (Å²) in [6.07, 6.45) is -0.999. The van der Waals surface area contributed by atoms with Crippen LogP contribution in [0.3, 0.4) is 0 Å². The Labute approximate surface area is 291 Å². The molecule has 6 rings (SSSR count). The van der Waals surface area contributed by atoms with Crippen LogP contribution in [0.25, 0.3) is 17.1 Å². The van der Waals surface area contributed by atoms with E-state index in [-0.39, 0.29) is 46.3 Å². The minimum absolute atomic E-state index is 0.0171. The van der Waals surface area contributed by atoms with Crippen LogP contribution >= 0.6 is 0 Å². The van der Waals surface area contributed by atoms with Gasteiger partial charge in [-0.25, -0.2) is 19.6 Å². The second-order valence-electron chi connectivity index (χ2n) is 13.0. The number of pyridine rings is 1. The fourth-order valence-electron chi connectivity index (χ4n) is 5.52. The predicted molar refractivity (Wildman–Crippen MR) is 175 cm³/mol. The van der Waals surface area contributed by atoms with Gasteiger partial charge in [-0.2, -0.15) is 30.4 Å². The Morgan fingerprint density at radius 3 is 2.61 bits per heavy atom. The number of aromatic nitrogens is 5. The summed E-state index contributed by atoms with van der Waals surface area (Å²) < 4.78 is 119. The standard InChI is InChI=1S/C33H36F5N7O5S/c1-31(2,33(36,37)38)20-50-27-11-14-45(42-27)30-29-23-7-3-4-8-24(23)32(34,35)21-49-15-6-13-44(18-22-12-16-48-19-22)26-9-5-10-28(41-26)51(46,47)43-25(40-29)17-39-30/h3-5,7-11,14,17,22H,6,12-13,15-16,18-21H2,1-2H3,(H,40,43). The Morgan fingerprint density at radius 2 is 1.84 bits per heavy atom. The van der Waals surface area contributed by atoms with Gasteiger partial charge in [0.2, 0.25) is 5.88 Å². The highest BCUT2D eigenvalue weighted by Gasteiger charge is 2.48. The van der Waals surface area contributed by atoms with Crippen LogP contribution in [0.1, 0.15) is 32.3 Å². The predicted octanol–water partition coefficient (Wildman–Crippen LogP) is 5.85. The van der Waals surface area contributed by atoms with E-state index in [4.69, 9.17) is 14.2 Å². The van der Waals surface area contributed by atoms with Crippen LogP contribution in [-0.4, -0.2) is 85.5 Å². The minimum atomic E-state index is -4.55.